The summed E-state index contributed by atoms with van der Waals surface area (Å²) in [6.07, 6.45) is 4.40. The minimum absolute atomic E-state index is 0.205. The van der Waals surface area contributed by atoms with E-state index in [-0.39, 0.29) is 11.5 Å². The van der Waals surface area contributed by atoms with Crippen LogP contribution in [0, 0.1) is 6.92 Å². The maximum absolute atomic E-state index is 11.6. The lowest BCUT2D eigenvalue weighted by Gasteiger charge is -2.05. The Bertz CT molecular complexity index is 571. The lowest BCUT2D eigenvalue weighted by molar-refractivity contribution is 0.102. The van der Waals surface area contributed by atoms with E-state index in [0.29, 0.717) is 5.76 Å². The number of nitrogens with one attached hydrogen (secondary N) is 1. The van der Waals surface area contributed by atoms with Gasteiger partial charge in [0.1, 0.15) is 5.75 Å². The van der Waals surface area contributed by atoms with Crippen molar-refractivity contribution in [3.8, 4) is 5.75 Å². The number of anilines is 1. The van der Waals surface area contributed by atoms with Gasteiger partial charge in [0.2, 0.25) is 5.78 Å². The molecule has 92 valence electrons. The van der Waals surface area contributed by atoms with Gasteiger partial charge in [0, 0.05) is 18.0 Å². The zero-order valence-electron chi connectivity index (χ0n) is 9.88. The summed E-state index contributed by atoms with van der Waals surface area (Å²) in [5, 5.41) is 12.2. The van der Waals surface area contributed by atoms with Crippen molar-refractivity contribution in [1.82, 2.24) is 0 Å². The zero-order valence-corrected chi connectivity index (χ0v) is 9.88. The van der Waals surface area contributed by atoms with Crippen LogP contribution in [-0.4, -0.2) is 10.9 Å². The Kier molecular flexibility index (Phi) is 3.48. The molecule has 0 aliphatic rings. The van der Waals surface area contributed by atoms with Crippen LogP contribution in [0.4, 0.5) is 5.69 Å². The van der Waals surface area contributed by atoms with Gasteiger partial charge in [-0.15, -0.1) is 0 Å². The first-order valence-corrected chi connectivity index (χ1v) is 5.47. The van der Waals surface area contributed by atoms with Gasteiger partial charge < -0.3 is 14.8 Å². The zero-order chi connectivity index (χ0) is 13.0. The molecule has 4 heteroatoms. The van der Waals surface area contributed by atoms with E-state index in [9.17, 15) is 9.90 Å². The minimum atomic E-state index is -0.205. The first-order valence-electron chi connectivity index (χ1n) is 5.47. The van der Waals surface area contributed by atoms with Crippen molar-refractivity contribution in [3.05, 3.63) is 60.2 Å². The summed E-state index contributed by atoms with van der Waals surface area (Å²) >= 11 is 0. The molecule has 0 spiro atoms. The highest BCUT2D eigenvalue weighted by atomic mass is 16.3. The van der Waals surface area contributed by atoms with Gasteiger partial charge in [-0.05, 0) is 42.8 Å². The van der Waals surface area contributed by atoms with Crippen LogP contribution in [0.1, 0.15) is 16.1 Å². The molecule has 0 radical (unpaired) electrons. The molecule has 1 heterocycles. The molecule has 0 unspecified atom stereocenters. The number of ketones is 1. The molecule has 0 aliphatic carbocycles. The van der Waals surface area contributed by atoms with Crippen LogP contribution >= 0.6 is 0 Å². The number of carbonyl (C=O) groups excluding carboxylic acids is 1. The second kappa shape index (κ2) is 5.23. The smallest absolute Gasteiger partial charge is 0.222 e. The van der Waals surface area contributed by atoms with Gasteiger partial charge in [-0.3, -0.25) is 4.79 Å². The molecule has 2 rings (SSSR count). The molecule has 0 fully saturated rings. The Morgan fingerprint density at radius 3 is 2.89 bits per heavy atom. The third-order valence-corrected chi connectivity index (χ3v) is 2.45. The number of allylic oxidation sites excluding steroid dienone is 1. The number of phenolic OH excluding ortho intramolecular Hbond substituents is 1. The number of furan rings is 1. The van der Waals surface area contributed by atoms with Crippen molar-refractivity contribution < 1.29 is 14.3 Å². The van der Waals surface area contributed by atoms with Gasteiger partial charge in [0.15, 0.2) is 5.76 Å². The number of hydrogen-bond acceptors (Lipinski definition) is 4. The first-order chi connectivity index (χ1) is 8.66. The van der Waals surface area contributed by atoms with Gasteiger partial charge in [-0.1, -0.05) is 0 Å². The molecule has 0 aliphatic heterocycles. The molecule has 1 aromatic heterocycles. The second-order valence-corrected chi connectivity index (χ2v) is 3.82. The van der Waals surface area contributed by atoms with E-state index in [0.717, 1.165) is 11.3 Å². The van der Waals surface area contributed by atoms with E-state index in [1.54, 1.807) is 36.5 Å². The van der Waals surface area contributed by atoms with Crippen LogP contribution in [-0.2, 0) is 0 Å². The molecule has 4 nitrogen and oxygen atoms in total. The van der Waals surface area contributed by atoms with Gasteiger partial charge >= 0.3 is 0 Å². The largest absolute Gasteiger partial charge is 0.508 e. The van der Waals surface area contributed by atoms with Crippen molar-refractivity contribution in [3.63, 3.8) is 0 Å². The number of phenols is 1. The SMILES string of the molecule is Cc1cc(O)ccc1NC=CC(=O)c1ccco1. The third-order valence-electron chi connectivity index (χ3n) is 2.45. The van der Waals surface area contributed by atoms with Crippen LogP contribution in [0.3, 0.4) is 0 Å². The summed E-state index contributed by atoms with van der Waals surface area (Å²) in [6.45, 7) is 1.87. The van der Waals surface area contributed by atoms with Crippen molar-refractivity contribution in [2.24, 2.45) is 0 Å². The number of rotatable bonds is 4. The maximum atomic E-state index is 11.6. The molecule has 2 N–H and O–H groups in total. The molecule has 1 aromatic carbocycles. The molecule has 0 amide bonds. The van der Waals surface area contributed by atoms with Crippen LogP contribution in [0.15, 0.2) is 53.3 Å². The molecule has 0 saturated carbocycles. The van der Waals surface area contributed by atoms with E-state index >= 15 is 0 Å². The Hall–Kier alpha value is -2.49. The minimum Gasteiger partial charge on any atom is -0.508 e. The monoisotopic (exact) mass is 243 g/mol. The van der Waals surface area contributed by atoms with Gasteiger partial charge in [-0.2, -0.15) is 0 Å². The highest BCUT2D eigenvalue weighted by Gasteiger charge is 2.03. The summed E-state index contributed by atoms with van der Waals surface area (Å²) in [6, 6.07) is 8.24. The number of aromatic hydroxyl groups is 1. The van der Waals surface area contributed by atoms with Gasteiger partial charge in [0.25, 0.3) is 0 Å². The molecule has 18 heavy (non-hydrogen) atoms. The Morgan fingerprint density at radius 2 is 2.22 bits per heavy atom. The fraction of sp³-hybridized carbons (Fsp3) is 0.0714. The van der Waals surface area contributed by atoms with E-state index in [1.165, 1.54) is 12.3 Å². The number of hydrogen-bond donors (Lipinski definition) is 2. The van der Waals surface area contributed by atoms with Crippen LogP contribution in [0.5, 0.6) is 5.75 Å². The van der Waals surface area contributed by atoms with E-state index < -0.39 is 0 Å². The fourth-order valence-electron chi connectivity index (χ4n) is 1.52. The second-order valence-electron chi connectivity index (χ2n) is 3.82. The molecule has 0 saturated heterocycles. The van der Waals surface area contributed by atoms with Crippen molar-refractivity contribution in [2.45, 2.75) is 6.92 Å². The van der Waals surface area contributed by atoms with Crippen LogP contribution in [0.2, 0.25) is 0 Å². The maximum Gasteiger partial charge on any atom is 0.222 e. The normalized spacial score (nSPS) is 10.7. The summed E-state index contributed by atoms with van der Waals surface area (Å²) in [5.41, 5.74) is 1.72. The lowest BCUT2D eigenvalue weighted by Crippen LogP contribution is -1.95. The molecular weight excluding hydrogens is 230 g/mol. The average molecular weight is 243 g/mol. The van der Waals surface area contributed by atoms with Gasteiger partial charge in [-0.25, -0.2) is 0 Å². The highest BCUT2D eigenvalue weighted by Crippen LogP contribution is 2.19. The Morgan fingerprint density at radius 1 is 1.39 bits per heavy atom. The highest BCUT2D eigenvalue weighted by molar-refractivity contribution is 6.02. The summed E-state index contributed by atoms with van der Waals surface area (Å²) in [7, 11) is 0. The standard InChI is InChI=1S/C14H13NO3/c1-10-9-11(16)4-5-12(10)15-7-6-13(17)14-3-2-8-18-14/h2-9,15-16H,1H3. The van der Waals surface area contributed by atoms with E-state index in [2.05, 4.69) is 5.32 Å². The van der Waals surface area contributed by atoms with Crippen molar-refractivity contribution >= 4 is 11.5 Å². The quantitative estimate of drug-likeness (QED) is 0.492. The summed E-state index contributed by atoms with van der Waals surface area (Å²) < 4.78 is 4.98. The average Bonchev–Trinajstić information content (AvgIpc) is 2.85. The summed E-state index contributed by atoms with van der Waals surface area (Å²) in [5.74, 6) is 0.313. The van der Waals surface area contributed by atoms with E-state index in [1.807, 2.05) is 6.92 Å². The fourth-order valence-corrected chi connectivity index (χ4v) is 1.52. The third kappa shape index (κ3) is 2.79. The summed E-state index contributed by atoms with van der Waals surface area (Å²) in [4.78, 5) is 11.6. The molecular formula is C14H13NO3. The number of aryl methyl sites for hydroxylation is 1. The first kappa shape index (κ1) is 12.0. The van der Waals surface area contributed by atoms with Crippen LogP contribution < -0.4 is 5.32 Å². The lowest BCUT2D eigenvalue weighted by atomic mass is 10.2. The van der Waals surface area contributed by atoms with Crippen molar-refractivity contribution in [2.75, 3.05) is 5.32 Å². The van der Waals surface area contributed by atoms with Crippen molar-refractivity contribution in [1.29, 1.82) is 0 Å². The molecule has 2 aromatic rings. The number of carbonyl (C=O) groups is 1. The molecule has 0 bridgehead atoms. The van der Waals surface area contributed by atoms with Crippen LogP contribution in [0.25, 0.3) is 0 Å². The Labute approximate surface area is 105 Å². The van der Waals surface area contributed by atoms with Gasteiger partial charge in [0.05, 0.1) is 6.26 Å². The van der Waals surface area contributed by atoms with E-state index in [4.69, 9.17) is 4.42 Å². The Balaban J connectivity index is 2.01. The predicted octanol–water partition coefficient (Wildman–Crippen LogP) is 3.10. The predicted molar refractivity (Wildman–Crippen MR) is 68.6 cm³/mol. The number of benzene rings is 1. The molecule has 0 atom stereocenters. The topological polar surface area (TPSA) is 62.5 Å².